The molecule has 0 spiro atoms. The number of Topliss-reactive ketones (excluding diaryl/α,β-unsaturated/α-hetero) is 1. The van der Waals surface area contributed by atoms with Crippen molar-refractivity contribution in [1.29, 1.82) is 0 Å². The molecule has 5 rings (SSSR count). The molecule has 0 radical (unpaired) electrons. The van der Waals surface area contributed by atoms with Crippen molar-refractivity contribution in [3.8, 4) is 23.0 Å². The number of fused-ring (bicyclic) bond motifs is 3. The van der Waals surface area contributed by atoms with Crippen LogP contribution in [0.4, 0.5) is 0 Å². The van der Waals surface area contributed by atoms with E-state index in [0.29, 0.717) is 36.1 Å². The van der Waals surface area contributed by atoms with Crippen molar-refractivity contribution in [2.75, 3.05) is 21.0 Å². The molecular weight excluding hydrogens is 430 g/mol. The van der Waals surface area contributed by atoms with Crippen LogP contribution < -0.4 is 18.9 Å². The second-order valence-electron chi connectivity index (χ2n) is 8.67. The lowest BCUT2D eigenvalue weighted by atomic mass is 9.98. The monoisotopic (exact) mass is 457 g/mol. The Morgan fingerprint density at radius 3 is 2.50 bits per heavy atom. The van der Waals surface area contributed by atoms with Gasteiger partial charge in [0.25, 0.3) is 0 Å². The van der Waals surface area contributed by atoms with Crippen LogP contribution in [0.5, 0.6) is 23.0 Å². The highest BCUT2D eigenvalue weighted by Crippen LogP contribution is 2.44. The average Bonchev–Trinajstić information content (AvgIpc) is 3.17. The van der Waals surface area contributed by atoms with E-state index in [2.05, 4.69) is 36.1 Å². The molecule has 0 N–H and O–H groups in total. The van der Waals surface area contributed by atoms with Gasteiger partial charge in [0.2, 0.25) is 5.78 Å². The standard InChI is InChI=1S/C28H27NO5/c1-17-5-7-19(8-6-17)14-29-15-21-23(33-16-29)11-18(2)26-27(30)25(34-28(21)26)13-20-9-10-22(31-3)24(12-20)32-4/h5-13H,14-16H2,1-4H3/b25-13-. The predicted octanol–water partition coefficient (Wildman–Crippen LogP) is 5.29. The molecule has 6 nitrogen and oxygen atoms in total. The van der Waals surface area contributed by atoms with Crippen LogP contribution in [0.25, 0.3) is 6.08 Å². The quantitative estimate of drug-likeness (QED) is 0.486. The number of nitrogens with zero attached hydrogens (tertiary/aromatic N) is 1. The van der Waals surface area contributed by atoms with Crippen LogP contribution in [-0.2, 0) is 13.1 Å². The first-order chi connectivity index (χ1) is 16.5. The molecule has 3 aromatic rings. The fraction of sp³-hybridized carbons (Fsp3) is 0.250. The summed E-state index contributed by atoms with van der Waals surface area (Å²) in [5.41, 5.74) is 5.60. The number of benzene rings is 3. The topological polar surface area (TPSA) is 57.2 Å². The molecule has 34 heavy (non-hydrogen) atoms. The lowest BCUT2D eigenvalue weighted by Crippen LogP contribution is -2.31. The molecule has 2 aliphatic rings. The number of ether oxygens (including phenoxy) is 4. The van der Waals surface area contributed by atoms with Gasteiger partial charge >= 0.3 is 0 Å². The Labute approximate surface area is 199 Å². The Morgan fingerprint density at radius 2 is 1.76 bits per heavy atom. The van der Waals surface area contributed by atoms with E-state index >= 15 is 0 Å². The summed E-state index contributed by atoms with van der Waals surface area (Å²) in [6, 6.07) is 15.9. The second-order valence-corrected chi connectivity index (χ2v) is 8.67. The molecular formula is C28H27NO5. The first-order valence-corrected chi connectivity index (χ1v) is 11.2. The molecule has 0 atom stereocenters. The van der Waals surface area contributed by atoms with Gasteiger partial charge in [-0.25, -0.2) is 0 Å². The van der Waals surface area contributed by atoms with Gasteiger partial charge in [0.15, 0.2) is 17.3 Å². The summed E-state index contributed by atoms with van der Waals surface area (Å²) in [6.45, 7) is 5.88. The molecule has 0 fully saturated rings. The van der Waals surface area contributed by atoms with Crippen LogP contribution in [0, 0.1) is 13.8 Å². The molecule has 0 bridgehead atoms. The largest absolute Gasteiger partial charge is 0.493 e. The van der Waals surface area contributed by atoms with Crippen molar-refractivity contribution in [3.05, 3.63) is 87.7 Å². The van der Waals surface area contributed by atoms with E-state index < -0.39 is 0 Å². The van der Waals surface area contributed by atoms with Crippen LogP contribution >= 0.6 is 0 Å². The van der Waals surface area contributed by atoms with Crippen LogP contribution in [0.1, 0.15) is 38.2 Å². The van der Waals surface area contributed by atoms with Crippen LogP contribution in [0.15, 0.2) is 54.3 Å². The summed E-state index contributed by atoms with van der Waals surface area (Å²) in [5.74, 6) is 2.75. The third-order valence-electron chi connectivity index (χ3n) is 6.22. The summed E-state index contributed by atoms with van der Waals surface area (Å²) in [7, 11) is 3.17. The van der Waals surface area contributed by atoms with Gasteiger partial charge in [-0.05, 0) is 54.8 Å². The zero-order valence-electron chi connectivity index (χ0n) is 19.8. The number of methoxy groups -OCH3 is 2. The van der Waals surface area contributed by atoms with Gasteiger partial charge in [-0.1, -0.05) is 35.9 Å². The number of carbonyl (C=O) groups excluding carboxylic acids is 1. The lowest BCUT2D eigenvalue weighted by molar-refractivity contribution is 0.0872. The van der Waals surface area contributed by atoms with E-state index in [9.17, 15) is 4.79 Å². The number of allylic oxidation sites excluding steroid dienone is 1. The summed E-state index contributed by atoms with van der Waals surface area (Å²) >= 11 is 0. The van der Waals surface area contributed by atoms with E-state index in [1.165, 1.54) is 11.1 Å². The summed E-state index contributed by atoms with van der Waals surface area (Å²) in [4.78, 5) is 15.5. The fourth-order valence-corrected chi connectivity index (χ4v) is 4.42. The van der Waals surface area contributed by atoms with Crippen molar-refractivity contribution in [2.45, 2.75) is 26.9 Å². The van der Waals surface area contributed by atoms with Crippen molar-refractivity contribution in [1.82, 2.24) is 4.90 Å². The third kappa shape index (κ3) is 4.01. The summed E-state index contributed by atoms with van der Waals surface area (Å²) < 4.78 is 22.9. The van der Waals surface area contributed by atoms with Gasteiger partial charge in [0, 0.05) is 13.1 Å². The summed E-state index contributed by atoms with van der Waals surface area (Å²) in [5, 5.41) is 0. The average molecular weight is 458 g/mol. The normalized spacial score (nSPS) is 16.0. The molecule has 3 aromatic carbocycles. The maximum Gasteiger partial charge on any atom is 0.232 e. The van der Waals surface area contributed by atoms with Crippen LogP contribution in [-0.4, -0.2) is 31.6 Å². The lowest BCUT2D eigenvalue weighted by Gasteiger charge is -2.30. The van der Waals surface area contributed by atoms with Gasteiger partial charge in [0.1, 0.15) is 18.2 Å². The van der Waals surface area contributed by atoms with Crippen molar-refractivity contribution >= 4 is 11.9 Å². The molecule has 6 heteroatoms. The van der Waals surface area contributed by atoms with E-state index in [-0.39, 0.29) is 11.5 Å². The Bertz CT molecular complexity index is 1290. The Kier molecular flexibility index (Phi) is 5.75. The number of hydrogen-bond donors (Lipinski definition) is 0. The van der Waals surface area contributed by atoms with Crippen molar-refractivity contribution in [3.63, 3.8) is 0 Å². The second kappa shape index (κ2) is 8.88. The third-order valence-corrected chi connectivity index (χ3v) is 6.22. The number of aryl methyl sites for hydroxylation is 2. The van der Waals surface area contributed by atoms with Gasteiger partial charge < -0.3 is 18.9 Å². The number of ketones is 1. The van der Waals surface area contributed by atoms with Gasteiger partial charge in [-0.15, -0.1) is 0 Å². The maximum atomic E-state index is 13.3. The highest BCUT2D eigenvalue weighted by Gasteiger charge is 2.35. The highest BCUT2D eigenvalue weighted by atomic mass is 16.5. The molecule has 2 aliphatic heterocycles. The molecule has 0 saturated heterocycles. The first-order valence-electron chi connectivity index (χ1n) is 11.2. The van der Waals surface area contributed by atoms with E-state index in [1.54, 1.807) is 20.3 Å². The predicted molar refractivity (Wildman–Crippen MR) is 130 cm³/mol. The molecule has 0 aliphatic carbocycles. The molecule has 0 saturated carbocycles. The van der Waals surface area contributed by atoms with E-state index in [4.69, 9.17) is 18.9 Å². The fourth-order valence-electron chi connectivity index (χ4n) is 4.42. The molecule has 0 amide bonds. The molecule has 174 valence electrons. The smallest absolute Gasteiger partial charge is 0.232 e. The van der Waals surface area contributed by atoms with Gasteiger partial charge in [-0.3, -0.25) is 9.69 Å². The summed E-state index contributed by atoms with van der Waals surface area (Å²) in [6.07, 6.45) is 1.74. The number of carbonyl (C=O) groups is 1. The van der Waals surface area contributed by atoms with Gasteiger partial charge in [-0.2, -0.15) is 0 Å². The SMILES string of the molecule is COc1ccc(/C=C2\Oc3c4c(cc(C)c3C2=O)OCN(Cc2ccc(C)cc2)C4)cc1OC. The number of rotatable bonds is 5. The highest BCUT2D eigenvalue weighted by molar-refractivity contribution is 6.16. The van der Waals surface area contributed by atoms with E-state index in [1.807, 2.05) is 31.2 Å². The minimum absolute atomic E-state index is 0.124. The molecule has 0 unspecified atom stereocenters. The van der Waals surface area contributed by atoms with Crippen LogP contribution in [0.2, 0.25) is 0 Å². The minimum atomic E-state index is -0.124. The van der Waals surface area contributed by atoms with E-state index in [0.717, 1.165) is 29.0 Å². The maximum absolute atomic E-state index is 13.3. The zero-order valence-corrected chi connectivity index (χ0v) is 19.8. The Morgan fingerprint density at radius 1 is 1.00 bits per heavy atom. The minimum Gasteiger partial charge on any atom is -0.493 e. The van der Waals surface area contributed by atoms with Gasteiger partial charge in [0.05, 0.1) is 25.3 Å². The Hall–Kier alpha value is -3.77. The van der Waals surface area contributed by atoms with Crippen molar-refractivity contribution < 1.29 is 23.7 Å². The number of hydrogen-bond acceptors (Lipinski definition) is 6. The Balaban J connectivity index is 1.45. The molecule has 0 aromatic heterocycles. The molecule has 2 heterocycles. The van der Waals surface area contributed by atoms with Crippen molar-refractivity contribution in [2.24, 2.45) is 0 Å². The first kappa shape index (κ1) is 22.0. The zero-order chi connectivity index (χ0) is 23.8. The van der Waals surface area contributed by atoms with Crippen LogP contribution in [0.3, 0.4) is 0 Å².